The van der Waals surface area contributed by atoms with Crippen LogP contribution in [0.15, 0.2) is 107 Å². The first-order valence-electron chi connectivity index (χ1n) is 12.0. The minimum atomic E-state index is -1.42. The molecule has 7 nitrogen and oxygen atoms in total. The Balaban J connectivity index is 2.01. The number of nitrogens with zero attached hydrogens (tertiary/aromatic N) is 1. The van der Waals surface area contributed by atoms with E-state index in [2.05, 4.69) is 4.98 Å². The fourth-order valence-corrected chi connectivity index (χ4v) is 5.66. The minimum absolute atomic E-state index is 0.211. The van der Waals surface area contributed by atoms with Gasteiger partial charge in [-0.2, -0.15) is 0 Å². The predicted octanol–water partition coefficient (Wildman–Crippen LogP) is 2.64. The largest absolute Gasteiger partial charge is 0.394 e. The summed E-state index contributed by atoms with van der Waals surface area (Å²) in [5.41, 5.74) is 6.01. The maximum Gasteiger partial charge on any atom is 0.330 e. The van der Waals surface area contributed by atoms with Crippen molar-refractivity contribution in [3.05, 3.63) is 140 Å². The highest BCUT2D eigenvalue weighted by atomic mass is 16.5. The SMILES string of the molecule is Cc1cn([C@@]2(C(c3ccccc3)(c3ccccc3)c3ccccc3)CC(N)[C@@H](CO)O2)c(=O)[nH]c1=O. The van der Waals surface area contributed by atoms with Crippen molar-refractivity contribution in [1.29, 1.82) is 0 Å². The molecule has 0 spiro atoms. The van der Waals surface area contributed by atoms with E-state index in [1.165, 1.54) is 10.8 Å². The van der Waals surface area contributed by atoms with Crippen molar-refractivity contribution in [2.45, 2.75) is 36.6 Å². The first-order chi connectivity index (χ1) is 17.4. The fraction of sp³-hybridized carbons (Fsp3) is 0.241. The van der Waals surface area contributed by atoms with Crippen LogP contribution in [0.5, 0.6) is 0 Å². The van der Waals surface area contributed by atoms with Crippen molar-refractivity contribution in [2.24, 2.45) is 5.73 Å². The number of hydrogen-bond donors (Lipinski definition) is 3. The molecule has 1 aromatic heterocycles. The van der Waals surface area contributed by atoms with Crippen LogP contribution in [0.3, 0.4) is 0 Å². The maximum absolute atomic E-state index is 13.6. The molecule has 7 heteroatoms. The average molecular weight is 484 g/mol. The summed E-state index contributed by atoms with van der Waals surface area (Å²) in [4.78, 5) is 28.4. The second-order valence-corrected chi connectivity index (χ2v) is 9.28. The molecule has 1 unspecified atom stereocenters. The van der Waals surface area contributed by atoms with Crippen molar-refractivity contribution in [2.75, 3.05) is 6.61 Å². The van der Waals surface area contributed by atoms with Gasteiger partial charge in [-0.15, -0.1) is 0 Å². The molecule has 3 atom stereocenters. The lowest BCUT2D eigenvalue weighted by atomic mass is 9.61. The molecule has 0 saturated carbocycles. The summed E-state index contributed by atoms with van der Waals surface area (Å²) in [6, 6.07) is 29.0. The number of rotatable bonds is 6. The van der Waals surface area contributed by atoms with E-state index in [1.807, 2.05) is 91.0 Å². The first-order valence-corrected chi connectivity index (χ1v) is 12.0. The van der Waals surface area contributed by atoms with Crippen molar-refractivity contribution in [3.63, 3.8) is 0 Å². The quantitative estimate of drug-likeness (QED) is 0.365. The highest BCUT2D eigenvalue weighted by Gasteiger charge is 2.62. The molecule has 0 bridgehead atoms. The molecule has 4 N–H and O–H groups in total. The Kier molecular flexibility index (Phi) is 6.22. The van der Waals surface area contributed by atoms with E-state index in [0.29, 0.717) is 5.56 Å². The molecule has 0 amide bonds. The Morgan fingerprint density at radius 3 is 1.83 bits per heavy atom. The van der Waals surface area contributed by atoms with Crippen LogP contribution in [0.25, 0.3) is 0 Å². The number of H-pyrrole nitrogens is 1. The predicted molar refractivity (Wildman–Crippen MR) is 138 cm³/mol. The lowest BCUT2D eigenvalue weighted by molar-refractivity contribution is -0.144. The third kappa shape index (κ3) is 3.55. The molecule has 2 heterocycles. The number of aliphatic hydroxyl groups excluding tert-OH is 1. The molecule has 0 aliphatic carbocycles. The van der Waals surface area contributed by atoms with Crippen LogP contribution in [-0.4, -0.2) is 33.4 Å². The Morgan fingerprint density at radius 1 is 0.944 bits per heavy atom. The molecule has 184 valence electrons. The highest BCUT2D eigenvalue weighted by Crippen LogP contribution is 2.56. The van der Waals surface area contributed by atoms with Gasteiger partial charge in [-0.05, 0) is 23.6 Å². The number of aromatic amines is 1. The number of nitrogens with one attached hydrogen (secondary N) is 1. The third-order valence-corrected chi connectivity index (χ3v) is 7.23. The minimum Gasteiger partial charge on any atom is -0.394 e. The van der Waals surface area contributed by atoms with Gasteiger partial charge in [0, 0.05) is 24.2 Å². The van der Waals surface area contributed by atoms with Gasteiger partial charge in [0.2, 0.25) is 0 Å². The summed E-state index contributed by atoms with van der Waals surface area (Å²) in [5, 5.41) is 10.2. The molecule has 5 rings (SSSR count). The second-order valence-electron chi connectivity index (χ2n) is 9.28. The first kappa shape index (κ1) is 23.9. The summed E-state index contributed by atoms with van der Waals surface area (Å²) in [6.45, 7) is 1.34. The zero-order valence-electron chi connectivity index (χ0n) is 20.0. The molecular weight excluding hydrogens is 454 g/mol. The van der Waals surface area contributed by atoms with Crippen LogP contribution >= 0.6 is 0 Å². The van der Waals surface area contributed by atoms with E-state index in [1.54, 1.807) is 6.92 Å². The van der Waals surface area contributed by atoms with Gasteiger partial charge in [-0.3, -0.25) is 14.3 Å². The van der Waals surface area contributed by atoms with Crippen LogP contribution in [0, 0.1) is 6.92 Å². The molecule has 1 fully saturated rings. The van der Waals surface area contributed by atoms with E-state index in [-0.39, 0.29) is 13.0 Å². The fourth-order valence-electron chi connectivity index (χ4n) is 5.66. The summed E-state index contributed by atoms with van der Waals surface area (Å²) < 4.78 is 8.23. The van der Waals surface area contributed by atoms with Gasteiger partial charge in [0.15, 0.2) is 5.72 Å². The molecule has 36 heavy (non-hydrogen) atoms. The van der Waals surface area contributed by atoms with Gasteiger partial charge in [0.1, 0.15) is 0 Å². The third-order valence-electron chi connectivity index (χ3n) is 7.23. The number of nitrogens with two attached hydrogens (primary N) is 1. The van der Waals surface area contributed by atoms with Crippen molar-refractivity contribution >= 4 is 0 Å². The smallest absolute Gasteiger partial charge is 0.330 e. The number of ether oxygens (including phenoxy) is 1. The van der Waals surface area contributed by atoms with Crippen LogP contribution in [0.1, 0.15) is 28.7 Å². The van der Waals surface area contributed by atoms with E-state index in [4.69, 9.17) is 10.5 Å². The maximum atomic E-state index is 13.6. The standard InChI is InChI=1S/C29H29N3O4/c1-20-18-32(27(35)31-26(20)34)28(17-24(30)25(19-33)36-28)29(21-11-5-2-6-12-21,22-13-7-3-8-14-22)23-15-9-4-10-16-23/h2-16,18,24-25,33H,17,19,30H2,1H3,(H,31,34,35)/t24?,25-,28+/m1/s1. The van der Waals surface area contributed by atoms with Gasteiger partial charge in [-0.25, -0.2) is 4.79 Å². The van der Waals surface area contributed by atoms with Crippen molar-refractivity contribution in [3.8, 4) is 0 Å². The molecule has 1 aliphatic heterocycles. The zero-order chi connectivity index (χ0) is 25.3. The number of aliphatic hydroxyl groups is 1. The van der Waals surface area contributed by atoms with Gasteiger partial charge in [-0.1, -0.05) is 91.0 Å². The Bertz CT molecular complexity index is 1350. The topological polar surface area (TPSA) is 110 Å². The molecule has 4 aromatic rings. The number of aromatic nitrogens is 2. The van der Waals surface area contributed by atoms with Crippen LogP contribution in [-0.2, 0) is 15.9 Å². The lowest BCUT2D eigenvalue weighted by Gasteiger charge is -2.50. The normalized spacial score (nSPS) is 22.0. The van der Waals surface area contributed by atoms with Crippen LogP contribution in [0.2, 0.25) is 0 Å². The molecule has 0 radical (unpaired) electrons. The monoisotopic (exact) mass is 483 g/mol. The summed E-state index contributed by atoms with van der Waals surface area (Å²) in [7, 11) is 0. The molecule has 1 aliphatic rings. The summed E-state index contributed by atoms with van der Waals surface area (Å²) >= 11 is 0. The van der Waals surface area contributed by atoms with Crippen molar-refractivity contribution < 1.29 is 9.84 Å². The second kappa shape index (κ2) is 9.35. The van der Waals surface area contributed by atoms with Crippen LogP contribution < -0.4 is 17.0 Å². The Labute approximate surface area is 208 Å². The van der Waals surface area contributed by atoms with E-state index >= 15 is 0 Å². The molecular formula is C29H29N3O4. The van der Waals surface area contributed by atoms with Crippen molar-refractivity contribution in [1.82, 2.24) is 9.55 Å². The number of aryl methyl sites for hydroxylation is 1. The van der Waals surface area contributed by atoms with E-state index in [9.17, 15) is 14.7 Å². The van der Waals surface area contributed by atoms with Gasteiger partial charge in [0.05, 0.1) is 18.1 Å². The summed E-state index contributed by atoms with van der Waals surface area (Å²) in [5.74, 6) is 0. The van der Waals surface area contributed by atoms with Gasteiger partial charge >= 0.3 is 5.69 Å². The zero-order valence-corrected chi connectivity index (χ0v) is 20.0. The van der Waals surface area contributed by atoms with E-state index in [0.717, 1.165) is 16.7 Å². The molecule has 1 saturated heterocycles. The summed E-state index contributed by atoms with van der Waals surface area (Å²) in [6.07, 6.45) is 1.03. The molecule has 3 aromatic carbocycles. The Morgan fingerprint density at radius 2 is 1.42 bits per heavy atom. The van der Waals surface area contributed by atoms with Crippen LogP contribution in [0.4, 0.5) is 0 Å². The number of hydrogen-bond acceptors (Lipinski definition) is 5. The lowest BCUT2D eigenvalue weighted by Crippen LogP contribution is -2.59. The van der Waals surface area contributed by atoms with Gasteiger partial charge < -0.3 is 15.6 Å². The highest BCUT2D eigenvalue weighted by molar-refractivity contribution is 5.54. The van der Waals surface area contributed by atoms with Gasteiger partial charge in [0.25, 0.3) is 5.56 Å². The Hall–Kier alpha value is -3.78. The average Bonchev–Trinajstić information content (AvgIpc) is 3.25. The van der Waals surface area contributed by atoms with E-state index < -0.39 is 34.5 Å². The number of benzene rings is 3.